The van der Waals surface area contributed by atoms with Crippen LogP contribution in [-0.2, 0) is 0 Å². The second kappa shape index (κ2) is 4.88. The van der Waals surface area contributed by atoms with E-state index in [0.29, 0.717) is 5.92 Å². The van der Waals surface area contributed by atoms with Crippen LogP contribution in [0.1, 0.15) is 29.3 Å². The van der Waals surface area contributed by atoms with Gasteiger partial charge in [-0.05, 0) is 30.9 Å². The molecule has 2 N–H and O–H groups in total. The van der Waals surface area contributed by atoms with Crippen LogP contribution >= 0.6 is 0 Å². The molecule has 1 amide bonds. The van der Waals surface area contributed by atoms with Crippen LogP contribution in [0.4, 0.5) is 0 Å². The Morgan fingerprint density at radius 2 is 2.12 bits per heavy atom. The van der Waals surface area contributed by atoms with Gasteiger partial charge in [-0.3, -0.25) is 4.79 Å². The summed E-state index contributed by atoms with van der Waals surface area (Å²) in [6.45, 7) is 5.64. The molecule has 1 aliphatic heterocycles. The highest BCUT2D eigenvalue weighted by atomic mass is 16.2. The first kappa shape index (κ1) is 12.1. The van der Waals surface area contributed by atoms with Crippen LogP contribution in [0.15, 0.2) is 24.3 Å². The van der Waals surface area contributed by atoms with Gasteiger partial charge in [-0.2, -0.15) is 0 Å². The van der Waals surface area contributed by atoms with Crippen molar-refractivity contribution in [3.8, 4) is 0 Å². The Morgan fingerprint density at radius 1 is 1.41 bits per heavy atom. The second-order valence-electron chi connectivity index (χ2n) is 5.00. The number of aryl methyl sites for hydroxylation is 1. The van der Waals surface area contributed by atoms with Crippen LogP contribution < -0.4 is 5.73 Å². The van der Waals surface area contributed by atoms with E-state index in [-0.39, 0.29) is 11.9 Å². The van der Waals surface area contributed by atoms with Gasteiger partial charge in [-0.25, -0.2) is 0 Å². The van der Waals surface area contributed by atoms with Gasteiger partial charge >= 0.3 is 0 Å². The molecule has 1 aromatic rings. The first-order chi connectivity index (χ1) is 8.09. The summed E-state index contributed by atoms with van der Waals surface area (Å²) in [5.41, 5.74) is 7.83. The maximum absolute atomic E-state index is 12.4. The number of rotatable bonds is 1. The predicted molar refractivity (Wildman–Crippen MR) is 68.8 cm³/mol. The van der Waals surface area contributed by atoms with Gasteiger partial charge in [-0.15, -0.1) is 0 Å². The summed E-state index contributed by atoms with van der Waals surface area (Å²) in [4.78, 5) is 14.3. The first-order valence-electron chi connectivity index (χ1n) is 6.20. The Kier molecular flexibility index (Phi) is 3.48. The SMILES string of the molecule is Cc1ccccc1C(=O)N1CCC(N)C(C)C1. The van der Waals surface area contributed by atoms with Gasteiger partial charge in [0.25, 0.3) is 5.91 Å². The van der Waals surface area contributed by atoms with E-state index in [1.54, 1.807) is 0 Å². The minimum absolute atomic E-state index is 0.141. The first-order valence-corrected chi connectivity index (χ1v) is 6.20. The quantitative estimate of drug-likeness (QED) is 0.802. The minimum atomic E-state index is 0.141. The molecule has 0 radical (unpaired) electrons. The Hall–Kier alpha value is -1.35. The van der Waals surface area contributed by atoms with E-state index in [1.165, 1.54) is 0 Å². The highest BCUT2D eigenvalue weighted by Crippen LogP contribution is 2.18. The molecule has 1 aliphatic rings. The summed E-state index contributed by atoms with van der Waals surface area (Å²) in [5.74, 6) is 0.526. The van der Waals surface area contributed by atoms with E-state index in [9.17, 15) is 4.79 Å². The lowest BCUT2D eigenvalue weighted by Crippen LogP contribution is -2.48. The van der Waals surface area contributed by atoms with Crippen LogP contribution in [0.25, 0.3) is 0 Å². The van der Waals surface area contributed by atoms with Crippen LogP contribution in [0.2, 0.25) is 0 Å². The van der Waals surface area contributed by atoms with Gasteiger partial charge in [0.15, 0.2) is 0 Å². The fourth-order valence-electron chi connectivity index (χ4n) is 2.33. The molecule has 3 heteroatoms. The average molecular weight is 232 g/mol. The van der Waals surface area contributed by atoms with E-state index in [2.05, 4.69) is 6.92 Å². The third-order valence-corrected chi connectivity index (χ3v) is 3.63. The van der Waals surface area contributed by atoms with Crippen molar-refractivity contribution in [1.82, 2.24) is 4.90 Å². The molecule has 3 nitrogen and oxygen atoms in total. The Bertz CT molecular complexity index is 416. The third-order valence-electron chi connectivity index (χ3n) is 3.63. The molecule has 1 saturated heterocycles. The van der Waals surface area contributed by atoms with Crippen molar-refractivity contribution in [3.63, 3.8) is 0 Å². The van der Waals surface area contributed by atoms with Gasteiger partial charge in [0.2, 0.25) is 0 Å². The summed E-state index contributed by atoms with van der Waals surface area (Å²) in [7, 11) is 0. The predicted octanol–water partition coefficient (Wildman–Crippen LogP) is 1.80. The number of nitrogens with two attached hydrogens (primary N) is 1. The van der Waals surface area contributed by atoms with Crippen LogP contribution in [-0.4, -0.2) is 29.9 Å². The number of piperidine rings is 1. The number of likely N-dealkylation sites (tertiary alicyclic amines) is 1. The highest BCUT2D eigenvalue weighted by molar-refractivity contribution is 5.95. The van der Waals surface area contributed by atoms with E-state index in [0.717, 1.165) is 30.6 Å². The molecule has 2 atom stereocenters. The smallest absolute Gasteiger partial charge is 0.254 e. The van der Waals surface area contributed by atoms with E-state index in [1.807, 2.05) is 36.1 Å². The van der Waals surface area contributed by atoms with E-state index < -0.39 is 0 Å². The lowest BCUT2D eigenvalue weighted by atomic mass is 9.94. The molecular formula is C14H20N2O. The van der Waals surface area contributed by atoms with Gasteiger partial charge < -0.3 is 10.6 Å². The molecule has 0 saturated carbocycles. The number of hydrogen-bond acceptors (Lipinski definition) is 2. The summed E-state index contributed by atoms with van der Waals surface area (Å²) >= 11 is 0. The molecule has 0 spiro atoms. The van der Waals surface area contributed by atoms with Crippen molar-refractivity contribution >= 4 is 5.91 Å². The Balaban J connectivity index is 2.14. The zero-order chi connectivity index (χ0) is 12.4. The van der Waals surface area contributed by atoms with Gasteiger partial charge in [0.05, 0.1) is 0 Å². The van der Waals surface area contributed by atoms with Gasteiger partial charge in [0.1, 0.15) is 0 Å². The molecule has 17 heavy (non-hydrogen) atoms. The monoisotopic (exact) mass is 232 g/mol. The lowest BCUT2D eigenvalue weighted by Gasteiger charge is -2.35. The molecule has 0 bridgehead atoms. The van der Waals surface area contributed by atoms with Crippen molar-refractivity contribution in [2.45, 2.75) is 26.3 Å². The van der Waals surface area contributed by atoms with Crippen molar-refractivity contribution in [3.05, 3.63) is 35.4 Å². The second-order valence-corrected chi connectivity index (χ2v) is 5.00. The third kappa shape index (κ3) is 2.50. The number of nitrogens with zero attached hydrogens (tertiary/aromatic N) is 1. The molecule has 0 aliphatic carbocycles. The molecule has 2 unspecified atom stereocenters. The summed E-state index contributed by atoms with van der Waals surface area (Å²) < 4.78 is 0. The number of carbonyl (C=O) groups excluding carboxylic acids is 1. The van der Waals surface area contributed by atoms with Gasteiger partial charge in [-0.1, -0.05) is 25.1 Å². The Labute approximate surface area is 103 Å². The number of amides is 1. The normalized spacial score (nSPS) is 24.8. The highest BCUT2D eigenvalue weighted by Gasteiger charge is 2.27. The lowest BCUT2D eigenvalue weighted by molar-refractivity contribution is 0.0663. The topological polar surface area (TPSA) is 46.3 Å². The zero-order valence-electron chi connectivity index (χ0n) is 10.5. The van der Waals surface area contributed by atoms with Crippen LogP contribution in [0.5, 0.6) is 0 Å². The zero-order valence-corrected chi connectivity index (χ0v) is 10.5. The summed E-state index contributed by atoms with van der Waals surface area (Å²) in [5, 5.41) is 0. The molecule has 1 heterocycles. The molecule has 2 rings (SSSR count). The van der Waals surface area contributed by atoms with Crippen molar-refractivity contribution < 1.29 is 4.79 Å². The molecule has 1 aromatic carbocycles. The van der Waals surface area contributed by atoms with Crippen molar-refractivity contribution in [2.24, 2.45) is 11.7 Å². The number of carbonyl (C=O) groups is 1. The number of benzene rings is 1. The van der Waals surface area contributed by atoms with Crippen molar-refractivity contribution in [1.29, 1.82) is 0 Å². The van der Waals surface area contributed by atoms with Crippen LogP contribution in [0.3, 0.4) is 0 Å². The summed E-state index contributed by atoms with van der Waals surface area (Å²) in [6.07, 6.45) is 0.902. The molecule has 1 fully saturated rings. The average Bonchev–Trinajstić information content (AvgIpc) is 2.32. The minimum Gasteiger partial charge on any atom is -0.338 e. The largest absolute Gasteiger partial charge is 0.338 e. The molecular weight excluding hydrogens is 212 g/mol. The summed E-state index contributed by atoms with van der Waals surface area (Å²) in [6, 6.07) is 7.99. The maximum atomic E-state index is 12.4. The van der Waals surface area contributed by atoms with Crippen LogP contribution in [0, 0.1) is 12.8 Å². The molecule has 0 aromatic heterocycles. The van der Waals surface area contributed by atoms with Gasteiger partial charge in [0, 0.05) is 24.7 Å². The van der Waals surface area contributed by atoms with Crippen molar-refractivity contribution in [2.75, 3.05) is 13.1 Å². The molecule has 92 valence electrons. The standard InChI is InChI=1S/C14H20N2O/c1-10-5-3-4-6-12(10)14(17)16-8-7-13(15)11(2)9-16/h3-6,11,13H,7-9,15H2,1-2H3. The fraction of sp³-hybridized carbons (Fsp3) is 0.500. The van der Waals surface area contributed by atoms with E-state index >= 15 is 0 Å². The fourth-order valence-corrected chi connectivity index (χ4v) is 2.33. The maximum Gasteiger partial charge on any atom is 0.254 e. The van der Waals surface area contributed by atoms with E-state index in [4.69, 9.17) is 5.73 Å². The Morgan fingerprint density at radius 3 is 2.76 bits per heavy atom. The number of hydrogen-bond donors (Lipinski definition) is 1.